The number of rotatable bonds is 7. The first-order chi connectivity index (χ1) is 12.9. The topological polar surface area (TPSA) is 88.9 Å². The van der Waals surface area contributed by atoms with E-state index in [1.165, 1.54) is 11.8 Å². The summed E-state index contributed by atoms with van der Waals surface area (Å²) < 4.78 is 2.10. The second-order valence-corrected chi connectivity index (χ2v) is 8.23. The van der Waals surface area contributed by atoms with Crippen LogP contribution in [0, 0.1) is 20.8 Å². The van der Waals surface area contributed by atoms with Crippen molar-refractivity contribution in [1.29, 1.82) is 0 Å². The molecule has 0 spiro atoms. The normalized spacial score (nSPS) is 14.7. The Morgan fingerprint density at radius 2 is 1.89 bits per heavy atom. The summed E-state index contributed by atoms with van der Waals surface area (Å²) in [5, 5.41) is 14.3. The molecule has 0 radical (unpaired) electrons. The maximum Gasteiger partial charge on any atom is 0.243 e. The van der Waals surface area contributed by atoms with Gasteiger partial charge in [0.1, 0.15) is 5.82 Å². The van der Waals surface area contributed by atoms with E-state index in [1.54, 1.807) is 0 Å². The molecule has 27 heavy (non-hydrogen) atoms. The van der Waals surface area contributed by atoms with Gasteiger partial charge in [-0.15, -0.1) is 10.2 Å². The molecule has 0 unspecified atom stereocenters. The van der Waals surface area contributed by atoms with Gasteiger partial charge in [0.25, 0.3) is 0 Å². The van der Waals surface area contributed by atoms with Gasteiger partial charge in [0.15, 0.2) is 5.16 Å². The zero-order valence-corrected chi connectivity index (χ0v) is 16.9. The van der Waals surface area contributed by atoms with Gasteiger partial charge >= 0.3 is 0 Å². The highest BCUT2D eigenvalue weighted by Crippen LogP contribution is 2.39. The van der Waals surface area contributed by atoms with Crippen LogP contribution in [0.3, 0.4) is 0 Å². The second kappa shape index (κ2) is 8.12. The van der Waals surface area contributed by atoms with Crippen molar-refractivity contribution in [2.45, 2.75) is 57.0 Å². The van der Waals surface area contributed by atoms with Crippen LogP contribution in [0.4, 0.5) is 5.69 Å². The fourth-order valence-electron chi connectivity index (χ4n) is 2.90. The molecule has 1 saturated carbocycles. The molecule has 1 aliphatic rings. The lowest BCUT2D eigenvalue weighted by atomic mass is 10.1. The number of carbonyl (C=O) groups is 2. The van der Waals surface area contributed by atoms with E-state index in [1.807, 2.05) is 45.9 Å². The molecule has 3 rings (SSSR count). The summed E-state index contributed by atoms with van der Waals surface area (Å²) in [4.78, 5) is 24.6. The lowest BCUT2D eigenvalue weighted by Crippen LogP contribution is -2.37. The van der Waals surface area contributed by atoms with Crippen LogP contribution in [-0.2, 0) is 9.59 Å². The fraction of sp³-hybridized carbons (Fsp3) is 0.474. The van der Waals surface area contributed by atoms with Crippen LogP contribution >= 0.6 is 11.8 Å². The molecule has 1 atom stereocenters. The van der Waals surface area contributed by atoms with Crippen molar-refractivity contribution < 1.29 is 9.59 Å². The second-order valence-electron chi connectivity index (χ2n) is 6.92. The minimum atomic E-state index is -0.362. The largest absolute Gasteiger partial charge is 0.346 e. The highest BCUT2D eigenvalue weighted by molar-refractivity contribution is 8.00. The molecular formula is C19H25N5O2S. The van der Waals surface area contributed by atoms with Gasteiger partial charge < -0.3 is 15.2 Å². The number of nitrogens with zero attached hydrogens (tertiary/aromatic N) is 3. The van der Waals surface area contributed by atoms with E-state index in [-0.39, 0.29) is 23.6 Å². The van der Waals surface area contributed by atoms with E-state index >= 15 is 0 Å². The molecule has 2 amide bonds. The molecule has 1 heterocycles. The summed E-state index contributed by atoms with van der Waals surface area (Å²) in [5.74, 6) is 0.440. The summed E-state index contributed by atoms with van der Waals surface area (Å²) in [6.07, 6.45) is 2.26. The zero-order chi connectivity index (χ0) is 19.6. The molecule has 1 aromatic heterocycles. The van der Waals surface area contributed by atoms with Crippen LogP contribution in [0.5, 0.6) is 0 Å². The van der Waals surface area contributed by atoms with E-state index in [2.05, 4.69) is 25.4 Å². The Labute approximate surface area is 163 Å². The van der Waals surface area contributed by atoms with Crippen molar-refractivity contribution in [3.63, 3.8) is 0 Å². The predicted molar refractivity (Wildman–Crippen MR) is 106 cm³/mol. The van der Waals surface area contributed by atoms with E-state index in [9.17, 15) is 9.59 Å². The number of amides is 2. The lowest BCUT2D eigenvalue weighted by Gasteiger charge is -2.14. The van der Waals surface area contributed by atoms with Crippen molar-refractivity contribution in [3.8, 4) is 0 Å². The SMILES string of the molecule is Cc1cccc(C)c1NC(=O)CNC(=O)[C@@H](C)Sc1nnc(C)n1C1CC1. The van der Waals surface area contributed by atoms with Crippen molar-refractivity contribution in [3.05, 3.63) is 35.2 Å². The molecular weight excluding hydrogens is 362 g/mol. The van der Waals surface area contributed by atoms with Gasteiger partial charge in [0.05, 0.1) is 11.8 Å². The summed E-state index contributed by atoms with van der Waals surface area (Å²) in [6, 6.07) is 6.29. The van der Waals surface area contributed by atoms with Crippen LogP contribution in [-0.4, -0.2) is 38.4 Å². The van der Waals surface area contributed by atoms with Gasteiger partial charge in [-0.05, 0) is 51.7 Å². The number of carbonyl (C=O) groups excluding carboxylic acids is 2. The fourth-order valence-corrected chi connectivity index (χ4v) is 3.89. The number of benzene rings is 1. The number of anilines is 1. The Morgan fingerprint density at radius 1 is 1.22 bits per heavy atom. The Bertz CT molecular complexity index is 840. The molecule has 0 aliphatic heterocycles. The number of hydrogen-bond acceptors (Lipinski definition) is 5. The van der Waals surface area contributed by atoms with Crippen molar-refractivity contribution in [2.24, 2.45) is 0 Å². The number of thioether (sulfide) groups is 1. The van der Waals surface area contributed by atoms with Crippen molar-refractivity contribution in [1.82, 2.24) is 20.1 Å². The van der Waals surface area contributed by atoms with Crippen molar-refractivity contribution in [2.75, 3.05) is 11.9 Å². The molecule has 0 bridgehead atoms. The molecule has 2 aromatic rings. The highest BCUT2D eigenvalue weighted by Gasteiger charge is 2.29. The summed E-state index contributed by atoms with van der Waals surface area (Å²) in [5.41, 5.74) is 2.79. The summed E-state index contributed by atoms with van der Waals surface area (Å²) in [7, 11) is 0. The third kappa shape index (κ3) is 4.68. The van der Waals surface area contributed by atoms with Crippen LogP contribution < -0.4 is 10.6 Å². The summed E-state index contributed by atoms with van der Waals surface area (Å²) >= 11 is 1.37. The summed E-state index contributed by atoms with van der Waals surface area (Å²) in [6.45, 7) is 7.56. The Kier molecular flexibility index (Phi) is 5.84. The van der Waals surface area contributed by atoms with Crippen LogP contribution in [0.25, 0.3) is 0 Å². The van der Waals surface area contributed by atoms with Crippen LogP contribution in [0.15, 0.2) is 23.4 Å². The van der Waals surface area contributed by atoms with E-state index in [0.717, 1.165) is 40.6 Å². The monoisotopic (exact) mass is 387 g/mol. The minimum absolute atomic E-state index is 0.0636. The third-order valence-electron chi connectivity index (χ3n) is 4.57. The Morgan fingerprint density at radius 3 is 2.52 bits per heavy atom. The maximum absolute atomic E-state index is 12.4. The standard InChI is InChI=1S/C19H25N5O2S/c1-11-6-5-7-12(2)17(11)21-16(25)10-20-18(26)13(3)27-19-23-22-14(4)24(19)15-8-9-15/h5-7,13,15H,8-10H2,1-4H3,(H,20,26)(H,21,25)/t13-/m1/s1. The smallest absolute Gasteiger partial charge is 0.243 e. The number of para-hydroxylation sites is 1. The number of hydrogen-bond donors (Lipinski definition) is 2. The molecule has 144 valence electrons. The first kappa shape index (κ1) is 19.4. The van der Waals surface area contributed by atoms with Crippen molar-refractivity contribution >= 4 is 29.3 Å². The van der Waals surface area contributed by atoms with Gasteiger partial charge in [-0.1, -0.05) is 30.0 Å². The average molecular weight is 388 g/mol. The van der Waals surface area contributed by atoms with Gasteiger partial charge in [0.2, 0.25) is 11.8 Å². The molecule has 1 fully saturated rings. The van der Waals surface area contributed by atoms with Gasteiger partial charge in [-0.25, -0.2) is 0 Å². The molecule has 2 N–H and O–H groups in total. The Balaban J connectivity index is 1.52. The predicted octanol–water partition coefficient (Wildman–Crippen LogP) is 2.77. The lowest BCUT2D eigenvalue weighted by molar-refractivity contribution is -0.123. The highest BCUT2D eigenvalue weighted by atomic mass is 32.2. The number of aryl methyl sites for hydroxylation is 3. The molecule has 1 aromatic carbocycles. The van der Waals surface area contributed by atoms with E-state index in [4.69, 9.17) is 0 Å². The molecule has 7 nitrogen and oxygen atoms in total. The Hall–Kier alpha value is -2.35. The van der Waals surface area contributed by atoms with E-state index in [0.29, 0.717) is 6.04 Å². The number of nitrogens with one attached hydrogen (secondary N) is 2. The van der Waals surface area contributed by atoms with Gasteiger partial charge in [-0.3, -0.25) is 9.59 Å². The first-order valence-corrected chi connectivity index (χ1v) is 9.96. The quantitative estimate of drug-likeness (QED) is 0.713. The zero-order valence-electron chi connectivity index (χ0n) is 16.1. The number of aromatic nitrogens is 3. The maximum atomic E-state index is 12.4. The molecule has 8 heteroatoms. The molecule has 0 saturated heterocycles. The third-order valence-corrected chi connectivity index (χ3v) is 5.62. The minimum Gasteiger partial charge on any atom is -0.346 e. The van der Waals surface area contributed by atoms with Gasteiger partial charge in [0, 0.05) is 11.7 Å². The van der Waals surface area contributed by atoms with E-state index < -0.39 is 0 Å². The average Bonchev–Trinajstić information content (AvgIpc) is 3.39. The van der Waals surface area contributed by atoms with Crippen LogP contribution in [0.1, 0.15) is 42.8 Å². The van der Waals surface area contributed by atoms with Gasteiger partial charge in [-0.2, -0.15) is 0 Å². The van der Waals surface area contributed by atoms with Crippen LogP contribution in [0.2, 0.25) is 0 Å². The molecule has 1 aliphatic carbocycles. The first-order valence-electron chi connectivity index (χ1n) is 9.08.